The van der Waals surface area contributed by atoms with Crippen LogP contribution in [-0.2, 0) is 9.31 Å². The molecule has 6 aromatic carbocycles. The molecule has 0 atom stereocenters. The lowest BCUT2D eigenvalue weighted by molar-refractivity contribution is 0.00578. The van der Waals surface area contributed by atoms with E-state index < -0.39 is 14.2 Å². The van der Waals surface area contributed by atoms with Gasteiger partial charge < -0.3 is 49.8 Å². The van der Waals surface area contributed by atoms with E-state index >= 15 is 0 Å². The Balaban J connectivity index is 0.000000124. The molecule has 456 valence electrons. The predicted molar refractivity (Wildman–Crippen MR) is 368 cm³/mol. The number of aromatic nitrogens is 8. The summed E-state index contributed by atoms with van der Waals surface area (Å²) in [6.07, 6.45) is 11.1. The molecule has 1 aliphatic rings. The first-order chi connectivity index (χ1) is 44.7. The molecule has 0 amide bonds. The number of nitrogens with two attached hydrogens (primary N) is 3. The van der Waals surface area contributed by atoms with Crippen molar-refractivity contribution < 1.29 is 32.6 Å². The van der Waals surface area contributed by atoms with Gasteiger partial charge in [-0.05, 0) is 181 Å². The summed E-state index contributed by atoms with van der Waals surface area (Å²) in [6, 6.07) is 41.8. The zero-order chi connectivity index (χ0) is 65.7. The molecular formula is C67H49B2BrCl2N14O7. The molecule has 0 radical (unpaired) electrons. The van der Waals surface area contributed by atoms with Crippen molar-refractivity contribution in [3.8, 4) is 33.4 Å². The monoisotopic (exact) mass is 1330 g/mol. The van der Waals surface area contributed by atoms with Gasteiger partial charge in [0.05, 0.1) is 57.5 Å². The summed E-state index contributed by atoms with van der Waals surface area (Å²) in [5, 5.41) is 20.4. The summed E-state index contributed by atoms with van der Waals surface area (Å²) in [5.74, 6) is 0. The summed E-state index contributed by atoms with van der Waals surface area (Å²) in [5.41, 5.74) is 30.8. The molecule has 0 bridgehead atoms. The number of oxazole rings is 3. The Kier molecular flexibility index (Phi) is 18.5. The Hall–Kier alpha value is -10.8. The van der Waals surface area contributed by atoms with Crippen LogP contribution in [0.2, 0.25) is 10.0 Å². The van der Waals surface area contributed by atoms with Crippen molar-refractivity contribution >= 4 is 165 Å². The number of pyridine rings is 5. The van der Waals surface area contributed by atoms with E-state index in [0.717, 1.165) is 81.5 Å². The second-order valence-electron chi connectivity index (χ2n) is 21.6. The van der Waals surface area contributed by atoms with E-state index in [4.69, 9.17) is 92.7 Å². The van der Waals surface area contributed by atoms with E-state index in [1.54, 1.807) is 30.7 Å². The molecule has 0 saturated carbocycles. The van der Waals surface area contributed by atoms with Crippen LogP contribution < -0.4 is 28.1 Å². The number of hydrogen-bond acceptors (Lipinski definition) is 18. The molecule has 26 heteroatoms. The number of nitrogen functional groups attached to an aromatic ring is 3. The van der Waals surface area contributed by atoms with Crippen LogP contribution in [0.1, 0.15) is 27.7 Å². The molecule has 9 heterocycles. The van der Waals surface area contributed by atoms with Crippen molar-refractivity contribution in [2.24, 2.45) is 0 Å². The highest BCUT2D eigenvalue weighted by Crippen LogP contribution is 2.40. The highest BCUT2D eigenvalue weighted by molar-refractivity contribution is 9.10. The van der Waals surface area contributed by atoms with Gasteiger partial charge in [0.25, 0.3) is 18.0 Å². The zero-order valence-electron chi connectivity index (χ0n) is 49.6. The molecule has 1 saturated heterocycles. The lowest BCUT2D eigenvalue weighted by Crippen LogP contribution is -2.41. The van der Waals surface area contributed by atoms with E-state index in [0.29, 0.717) is 60.4 Å². The molecule has 15 rings (SSSR count). The zero-order valence-corrected chi connectivity index (χ0v) is 52.7. The van der Waals surface area contributed by atoms with Crippen molar-refractivity contribution in [3.63, 3.8) is 0 Å². The number of nitrogens with zero attached hydrogens (tertiary/aromatic N) is 11. The van der Waals surface area contributed by atoms with Crippen LogP contribution in [0.5, 0.6) is 0 Å². The number of fused-ring (bicyclic) bond motifs is 6. The minimum absolute atomic E-state index is 0.143. The third kappa shape index (κ3) is 13.9. The Labute approximate surface area is 549 Å². The second-order valence-corrected chi connectivity index (χ2v) is 23.3. The van der Waals surface area contributed by atoms with Crippen LogP contribution in [0.15, 0.2) is 195 Å². The topological polar surface area (TPSA) is 293 Å². The molecule has 0 unspecified atom stereocenters. The van der Waals surface area contributed by atoms with Crippen LogP contribution in [0.25, 0.3) is 114 Å². The second kappa shape index (κ2) is 26.9. The average molecular weight is 1330 g/mol. The summed E-state index contributed by atoms with van der Waals surface area (Å²) in [7, 11) is -1.78. The van der Waals surface area contributed by atoms with Crippen LogP contribution in [0, 0.1) is 19.7 Å². The maximum atomic E-state index is 8.55. The van der Waals surface area contributed by atoms with Crippen LogP contribution in [0.4, 0.5) is 35.1 Å². The fraction of sp³-hybridized carbons (Fsp3) is 0.0896. The Bertz CT molecular complexity index is 5260. The number of rotatable bonds is 5. The third-order valence-corrected chi connectivity index (χ3v) is 16.4. The Morgan fingerprint density at radius 3 is 1.40 bits per heavy atom. The molecule has 21 nitrogen and oxygen atoms in total. The van der Waals surface area contributed by atoms with Gasteiger partial charge in [-0.2, -0.15) is 15.0 Å². The normalized spacial score (nSPS) is 12.7. The summed E-state index contributed by atoms with van der Waals surface area (Å²) >= 11 is 15.7. The quantitative estimate of drug-likeness (QED) is 0.0790. The maximum absolute atomic E-state index is 8.55. The molecule has 1 fully saturated rings. The van der Waals surface area contributed by atoms with Crippen molar-refractivity contribution in [2.45, 2.75) is 38.9 Å². The molecule has 1 aliphatic heterocycles. The number of hydrogen-bond donors (Lipinski definition) is 5. The van der Waals surface area contributed by atoms with Crippen LogP contribution in [0.3, 0.4) is 0 Å². The first-order valence-corrected chi connectivity index (χ1v) is 29.6. The Morgan fingerprint density at radius 1 is 0.473 bits per heavy atom. The molecule has 8 N–H and O–H groups in total. The van der Waals surface area contributed by atoms with Gasteiger partial charge in [-0.15, -0.1) is 0 Å². The molecular weight excluding hydrogens is 1290 g/mol. The van der Waals surface area contributed by atoms with E-state index in [-0.39, 0.29) is 29.2 Å². The van der Waals surface area contributed by atoms with Crippen molar-refractivity contribution in [2.75, 3.05) is 17.2 Å². The average Bonchev–Trinajstić information content (AvgIpc) is 1.77. The van der Waals surface area contributed by atoms with Crippen LogP contribution >= 0.6 is 39.1 Å². The molecule has 14 aromatic rings. The van der Waals surface area contributed by atoms with Crippen molar-refractivity contribution in [3.05, 3.63) is 226 Å². The molecule has 8 aromatic heterocycles. The fourth-order valence-corrected chi connectivity index (χ4v) is 10.6. The van der Waals surface area contributed by atoms with E-state index in [2.05, 4.69) is 76.4 Å². The molecule has 0 spiro atoms. The standard InChI is InChI=1S/C22H13N5O.C17H9ClN4O.C13H17BN2O3.C10H4BrClN2.C5H6BNO2/c1-24-19-12-26-17-4-2-14(10-16(17)21(19)13-6-8-25-9-7-13)15-3-5-20-18(11-15)27-22(23)28-20;1-20-14-8-21-12-4-2-9(6-11(12)16(14)18)10-3-5-15-13(7-10)22-17(19)23-15;1-12(2)13(3,4)19-14(18-12)8-5-6-9-10(7-8)17-11(15)16-9;1-13-9-5-14-8-3-2-6(11)4-7(8)10(9)12;8-6(9)5-1-3-7-4-2-5/h2-12H,(H2,23,27);2-8H,(H2,19,22);5-7H,1-4H3,(H2,15,16);2-5H;1-4,8-9H. The van der Waals surface area contributed by atoms with Gasteiger partial charge >= 0.3 is 14.2 Å². The largest absolute Gasteiger partial charge is 0.494 e. The maximum Gasteiger partial charge on any atom is 0.494 e. The summed E-state index contributed by atoms with van der Waals surface area (Å²) < 4.78 is 28.9. The minimum atomic E-state index is -1.38. The predicted octanol–water partition coefficient (Wildman–Crippen LogP) is 14.7. The number of anilines is 3. The summed E-state index contributed by atoms with van der Waals surface area (Å²) in [6.45, 7) is 29.7. The fourth-order valence-electron chi connectivity index (χ4n) is 9.75. The van der Waals surface area contributed by atoms with Gasteiger partial charge in [0.2, 0.25) is 17.1 Å². The highest BCUT2D eigenvalue weighted by Gasteiger charge is 2.51. The van der Waals surface area contributed by atoms with Gasteiger partial charge in [0, 0.05) is 58.6 Å². The van der Waals surface area contributed by atoms with Gasteiger partial charge in [-0.25, -0.2) is 14.5 Å². The SMILES string of the molecule is CC1(C)OB(c2ccc3nc(N)oc3c2)OC1(C)C.OB(O)c1ccncc1.[C-]#[N+]c1cnc2ccc(-c3ccc4oc(N)nc4c3)cc2c1-c1ccncc1.[C-]#[N+]c1cnc2ccc(-c3ccc4oc(N)nc4c3)cc2c1Cl.[C-]#[N+]c1cnc2ccc(Br)cc2c1Cl. The lowest BCUT2D eigenvalue weighted by atomic mass is 9.79. The van der Waals surface area contributed by atoms with E-state index in [9.17, 15) is 0 Å². The smallest absolute Gasteiger partial charge is 0.424 e. The molecule has 93 heavy (non-hydrogen) atoms. The first kappa shape index (κ1) is 63.7. The minimum Gasteiger partial charge on any atom is -0.424 e. The van der Waals surface area contributed by atoms with Gasteiger partial charge in [0.1, 0.15) is 16.6 Å². The highest BCUT2D eigenvalue weighted by atomic mass is 79.9. The van der Waals surface area contributed by atoms with Crippen molar-refractivity contribution in [1.29, 1.82) is 0 Å². The third-order valence-electron chi connectivity index (χ3n) is 15.1. The van der Waals surface area contributed by atoms with Gasteiger partial charge in [0.15, 0.2) is 16.7 Å². The first-order valence-electron chi connectivity index (χ1n) is 28.1. The van der Waals surface area contributed by atoms with E-state index in [1.165, 1.54) is 24.8 Å². The van der Waals surface area contributed by atoms with E-state index in [1.807, 2.05) is 143 Å². The van der Waals surface area contributed by atoms with Crippen LogP contribution in [-0.4, -0.2) is 75.4 Å². The van der Waals surface area contributed by atoms with Crippen molar-refractivity contribution in [1.82, 2.24) is 39.9 Å². The molecule has 0 aliphatic carbocycles. The lowest BCUT2D eigenvalue weighted by Gasteiger charge is -2.32. The Morgan fingerprint density at radius 2 is 0.892 bits per heavy atom. The summed E-state index contributed by atoms with van der Waals surface area (Å²) in [4.78, 5) is 43.4. The van der Waals surface area contributed by atoms with Gasteiger partial charge in [-0.1, -0.05) is 69.5 Å². The number of halogens is 3. The number of benzene rings is 6. The van der Waals surface area contributed by atoms with Gasteiger partial charge in [-0.3, -0.25) is 24.9 Å².